The van der Waals surface area contributed by atoms with E-state index in [0.717, 1.165) is 57.8 Å². The molecule has 0 aliphatic heterocycles. The average Bonchev–Trinajstić information content (AvgIpc) is 2.51. The van der Waals surface area contributed by atoms with Crippen molar-refractivity contribution in [3.63, 3.8) is 0 Å². The van der Waals surface area contributed by atoms with E-state index in [1.165, 1.54) is 19.3 Å². The number of rotatable bonds is 17. The van der Waals surface area contributed by atoms with Crippen LogP contribution in [0.4, 0.5) is 0 Å². The van der Waals surface area contributed by atoms with Gasteiger partial charge in [0.2, 0.25) is 0 Å². The smallest absolute Gasteiger partial charge is 0.305 e. The van der Waals surface area contributed by atoms with Gasteiger partial charge in [0.1, 0.15) is 0 Å². The van der Waals surface area contributed by atoms with Crippen LogP contribution in [0.3, 0.4) is 0 Å². The number of ether oxygens (including phenoxy) is 1. The predicted octanol–water partition coefficient (Wildman–Crippen LogP) is 4.52. The Morgan fingerprint density at radius 2 is 1.28 bits per heavy atom. The van der Waals surface area contributed by atoms with Crippen LogP contribution in [0.1, 0.15) is 96.8 Å². The van der Waals surface area contributed by atoms with Crippen LogP contribution in [0.15, 0.2) is 0 Å². The molecule has 25 heavy (non-hydrogen) atoms. The van der Waals surface area contributed by atoms with E-state index in [1.54, 1.807) is 0 Å². The zero-order valence-electron chi connectivity index (χ0n) is 16.3. The number of hydrogen-bond donors (Lipinski definition) is 1. The molecule has 0 amide bonds. The molecule has 0 saturated carbocycles. The van der Waals surface area contributed by atoms with Crippen LogP contribution in [-0.4, -0.2) is 82.7 Å². The van der Waals surface area contributed by atoms with E-state index < -0.39 is 10.1 Å². The monoisotopic (exact) mass is 403 g/mol. The summed E-state index contributed by atoms with van der Waals surface area (Å²) in [6.45, 7) is 2.71. The van der Waals surface area contributed by atoms with E-state index in [1.807, 2.05) is 0 Å². The average molecular weight is 404 g/mol. The molecule has 145 valence electrons. The largest absolute Gasteiger partial charge is 0.466 e. The van der Waals surface area contributed by atoms with Gasteiger partial charge in [-0.1, -0.05) is 71.1 Å². The van der Waals surface area contributed by atoms with Crippen LogP contribution in [-0.2, 0) is 19.6 Å². The third kappa shape index (κ3) is 25.0. The summed E-state index contributed by atoms with van der Waals surface area (Å²) in [5.41, 5.74) is 0. The number of unbranched alkanes of at least 4 members (excludes halogenated alkanes) is 11. The van der Waals surface area contributed by atoms with E-state index in [9.17, 15) is 13.2 Å². The Balaban J connectivity index is 0. The van der Waals surface area contributed by atoms with Gasteiger partial charge in [0.05, 0.1) is 12.4 Å². The fraction of sp³-hybridized carbons (Fsp3) is 0.944. The molecule has 0 unspecified atom stereocenters. The van der Waals surface area contributed by atoms with E-state index in [-0.39, 0.29) is 63.1 Å². The maximum absolute atomic E-state index is 11.5. The molecule has 1 N–H and O–H groups in total. The van der Waals surface area contributed by atoms with Gasteiger partial charge >= 0.3 is 5.97 Å². The maximum atomic E-state index is 11.5. The summed E-state index contributed by atoms with van der Waals surface area (Å²) in [6, 6.07) is 0. The van der Waals surface area contributed by atoms with Gasteiger partial charge in [0.25, 0.3) is 10.1 Å². The molecule has 5 nitrogen and oxygen atoms in total. The van der Waals surface area contributed by atoms with Gasteiger partial charge < -0.3 is 4.74 Å². The summed E-state index contributed by atoms with van der Waals surface area (Å²) in [4.78, 5) is 11.5. The Kier molecular flexibility index (Phi) is 22.3. The van der Waals surface area contributed by atoms with Crippen molar-refractivity contribution in [2.45, 2.75) is 96.8 Å². The van der Waals surface area contributed by atoms with E-state index in [2.05, 4.69) is 6.92 Å². The molecule has 0 heterocycles. The van der Waals surface area contributed by atoms with Gasteiger partial charge in [-0.3, -0.25) is 9.35 Å². The molecule has 7 heteroatoms. The van der Waals surface area contributed by atoms with Gasteiger partial charge in [-0.15, -0.1) is 0 Å². The zero-order chi connectivity index (χ0) is 18.1. The van der Waals surface area contributed by atoms with E-state index in [0.29, 0.717) is 19.4 Å². The molecule has 0 fully saturated rings. The van der Waals surface area contributed by atoms with Gasteiger partial charge in [-0.25, -0.2) is 0 Å². The van der Waals surface area contributed by atoms with Crippen molar-refractivity contribution in [2.24, 2.45) is 0 Å². The summed E-state index contributed by atoms with van der Waals surface area (Å²) < 4.78 is 34.9. The van der Waals surface area contributed by atoms with Gasteiger partial charge in [0.15, 0.2) is 0 Å². The van der Waals surface area contributed by atoms with Crippen LogP contribution >= 0.6 is 0 Å². The normalized spacial score (nSPS) is 11.1. The van der Waals surface area contributed by atoms with Crippen molar-refractivity contribution in [1.29, 1.82) is 0 Å². The van der Waals surface area contributed by atoms with Crippen LogP contribution in [0.25, 0.3) is 0 Å². The Bertz CT molecular complexity index is 398. The van der Waals surface area contributed by atoms with Crippen molar-refractivity contribution < 1.29 is 22.5 Å². The number of esters is 1. The van der Waals surface area contributed by atoms with Crippen LogP contribution in [0.2, 0.25) is 0 Å². The first-order valence-electron chi connectivity index (χ1n) is 9.56. The molecule has 1 radical (unpaired) electrons. The number of hydrogen-bond acceptors (Lipinski definition) is 4. The molecule has 0 aromatic rings. The fourth-order valence-corrected chi connectivity index (χ4v) is 3.15. The minimum Gasteiger partial charge on any atom is -0.466 e. The summed E-state index contributed by atoms with van der Waals surface area (Å²) in [5.74, 6) is -0.193. The summed E-state index contributed by atoms with van der Waals surface area (Å²) in [7, 11) is -3.79. The number of carbonyl (C=O) groups excluding carboxylic acids is 1. The standard InChI is InChI=1S/C18H36O5S.K/c1-2-3-4-9-12-15-18(19)23-16-13-10-7-5-6-8-11-14-17-24(20,21)22;/h2-17H2,1H3,(H,20,21,22);. The van der Waals surface area contributed by atoms with Crippen molar-refractivity contribution in [3.05, 3.63) is 0 Å². The molecule has 0 aromatic heterocycles. The third-order valence-electron chi connectivity index (χ3n) is 4.04. The van der Waals surface area contributed by atoms with E-state index >= 15 is 0 Å². The maximum Gasteiger partial charge on any atom is 0.305 e. The fourth-order valence-electron chi connectivity index (χ4n) is 2.58. The van der Waals surface area contributed by atoms with Crippen molar-refractivity contribution in [2.75, 3.05) is 12.4 Å². The molecular weight excluding hydrogens is 367 g/mol. The first-order valence-corrected chi connectivity index (χ1v) is 11.2. The Labute approximate surface area is 197 Å². The summed E-state index contributed by atoms with van der Waals surface area (Å²) >= 11 is 0. The predicted molar refractivity (Wildman–Crippen MR) is 103 cm³/mol. The van der Waals surface area contributed by atoms with Gasteiger partial charge in [-0.05, 0) is 19.3 Å². The second-order valence-electron chi connectivity index (χ2n) is 6.50. The minimum atomic E-state index is -3.79. The number of carbonyl (C=O) groups is 1. The van der Waals surface area contributed by atoms with Crippen LogP contribution < -0.4 is 0 Å². The van der Waals surface area contributed by atoms with Crippen molar-refractivity contribution in [1.82, 2.24) is 0 Å². The molecule has 0 aromatic carbocycles. The zero-order valence-corrected chi connectivity index (χ0v) is 20.2. The molecule has 0 atom stereocenters. The minimum absolute atomic E-state index is 0. The topological polar surface area (TPSA) is 80.7 Å². The SMILES string of the molecule is CCCCCCCC(=O)OCCCCCCCCCCS(=O)(=O)O.[K]. The van der Waals surface area contributed by atoms with Gasteiger partial charge in [0, 0.05) is 57.8 Å². The molecule has 0 rings (SSSR count). The Morgan fingerprint density at radius 3 is 1.84 bits per heavy atom. The summed E-state index contributed by atoms with van der Waals surface area (Å²) in [5, 5.41) is 0. The van der Waals surface area contributed by atoms with Gasteiger partial charge in [-0.2, -0.15) is 8.42 Å². The third-order valence-corrected chi connectivity index (χ3v) is 4.85. The molecular formula is C18H36KO5S. The first kappa shape index (κ1) is 28.2. The molecule has 0 aliphatic rings. The molecule has 0 bridgehead atoms. The molecule has 0 spiro atoms. The van der Waals surface area contributed by atoms with E-state index in [4.69, 9.17) is 9.29 Å². The van der Waals surface area contributed by atoms with Crippen LogP contribution in [0.5, 0.6) is 0 Å². The summed E-state index contributed by atoms with van der Waals surface area (Å²) in [6.07, 6.45) is 14.0. The van der Waals surface area contributed by atoms with Crippen molar-refractivity contribution in [3.8, 4) is 0 Å². The van der Waals surface area contributed by atoms with Crippen molar-refractivity contribution >= 4 is 67.5 Å². The molecule has 0 saturated heterocycles. The molecule has 0 aliphatic carbocycles. The van der Waals surface area contributed by atoms with Crippen LogP contribution in [0, 0.1) is 0 Å². The Morgan fingerprint density at radius 1 is 0.800 bits per heavy atom. The quantitative estimate of drug-likeness (QED) is 0.167. The second-order valence-corrected chi connectivity index (χ2v) is 8.07. The second kappa shape index (κ2) is 19.8. The first-order chi connectivity index (χ1) is 11.5. The Hall–Kier alpha value is 1.02.